The summed E-state index contributed by atoms with van der Waals surface area (Å²) in [7, 11) is 0. The lowest BCUT2D eigenvalue weighted by Gasteiger charge is -2.14. The van der Waals surface area contributed by atoms with Crippen LogP contribution in [0.4, 0.5) is 0 Å². The molecule has 1 aliphatic rings. The van der Waals surface area contributed by atoms with Crippen molar-refractivity contribution < 1.29 is 9.53 Å². The predicted molar refractivity (Wildman–Crippen MR) is 33.9 cm³/mol. The van der Waals surface area contributed by atoms with E-state index >= 15 is 0 Å². The molecule has 0 heterocycles. The minimum absolute atomic E-state index is 0.146. The highest BCUT2D eigenvalue weighted by molar-refractivity contribution is 5.37. The van der Waals surface area contributed by atoms with Gasteiger partial charge in [0, 0.05) is 6.42 Å². The zero-order valence-electron chi connectivity index (χ0n) is 5.25. The Labute approximate surface area is 54.5 Å². The molecule has 1 unspecified atom stereocenters. The fourth-order valence-electron chi connectivity index (χ4n) is 0.968. The predicted octanol–water partition coefficient (Wildman–Crippen LogP) is 1.27. The Morgan fingerprint density at radius 1 is 1.56 bits per heavy atom. The van der Waals surface area contributed by atoms with E-state index in [9.17, 15) is 4.79 Å². The Balaban J connectivity index is 2.26. The van der Waals surface area contributed by atoms with Crippen LogP contribution in [-0.2, 0) is 9.53 Å². The molecule has 0 radical (unpaired) electrons. The maximum Gasteiger partial charge on any atom is 0.293 e. The van der Waals surface area contributed by atoms with Crippen molar-refractivity contribution in [3.8, 4) is 0 Å². The number of carbonyl (C=O) groups excluding carboxylic acids is 1. The largest absolute Gasteiger partial charge is 0.464 e. The van der Waals surface area contributed by atoms with E-state index in [0.29, 0.717) is 6.47 Å². The average molecular weight is 126 g/mol. The molecule has 0 aromatic rings. The first-order valence-electron chi connectivity index (χ1n) is 3.17. The molecule has 0 fully saturated rings. The maximum absolute atomic E-state index is 9.83. The van der Waals surface area contributed by atoms with Crippen LogP contribution < -0.4 is 0 Å². The lowest BCUT2D eigenvalue weighted by molar-refractivity contribution is -0.133. The van der Waals surface area contributed by atoms with E-state index in [4.69, 9.17) is 4.74 Å². The highest BCUT2D eigenvalue weighted by atomic mass is 16.5. The molecule has 50 valence electrons. The molecule has 0 aromatic heterocycles. The molecule has 2 heteroatoms. The summed E-state index contributed by atoms with van der Waals surface area (Å²) in [6.07, 6.45) is 7.22. The summed E-state index contributed by atoms with van der Waals surface area (Å²) in [6, 6.07) is 0. The number of rotatable bonds is 2. The Morgan fingerprint density at radius 2 is 2.44 bits per heavy atom. The summed E-state index contributed by atoms with van der Waals surface area (Å²) >= 11 is 0. The van der Waals surface area contributed by atoms with Crippen LogP contribution in [0.1, 0.15) is 19.3 Å². The Bertz CT molecular complexity index is 118. The van der Waals surface area contributed by atoms with E-state index in [-0.39, 0.29) is 6.10 Å². The van der Waals surface area contributed by atoms with Gasteiger partial charge >= 0.3 is 0 Å². The molecular weight excluding hydrogens is 116 g/mol. The van der Waals surface area contributed by atoms with Crippen LogP contribution in [-0.4, -0.2) is 12.6 Å². The fraction of sp³-hybridized carbons (Fsp3) is 0.571. The van der Waals surface area contributed by atoms with Gasteiger partial charge in [-0.25, -0.2) is 0 Å². The van der Waals surface area contributed by atoms with Gasteiger partial charge in [-0.2, -0.15) is 0 Å². The molecule has 0 aromatic carbocycles. The lowest BCUT2D eigenvalue weighted by atomic mass is 10.1. The number of ether oxygens (including phenoxy) is 1. The van der Waals surface area contributed by atoms with E-state index in [1.54, 1.807) is 0 Å². The van der Waals surface area contributed by atoms with E-state index in [0.717, 1.165) is 19.3 Å². The van der Waals surface area contributed by atoms with Crippen molar-refractivity contribution in [1.29, 1.82) is 0 Å². The van der Waals surface area contributed by atoms with Crippen molar-refractivity contribution >= 4 is 6.47 Å². The van der Waals surface area contributed by atoms with Crippen molar-refractivity contribution in [2.24, 2.45) is 0 Å². The van der Waals surface area contributed by atoms with Gasteiger partial charge in [0.05, 0.1) is 0 Å². The second-order valence-corrected chi connectivity index (χ2v) is 2.14. The van der Waals surface area contributed by atoms with Gasteiger partial charge in [0.15, 0.2) is 0 Å². The second kappa shape index (κ2) is 3.28. The molecule has 0 amide bonds. The third-order valence-corrected chi connectivity index (χ3v) is 1.47. The van der Waals surface area contributed by atoms with Crippen LogP contribution in [0.25, 0.3) is 0 Å². The monoisotopic (exact) mass is 126 g/mol. The van der Waals surface area contributed by atoms with Crippen molar-refractivity contribution in [1.82, 2.24) is 0 Å². The normalized spacial score (nSPS) is 25.6. The van der Waals surface area contributed by atoms with Crippen molar-refractivity contribution in [2.75, 3.05) is 0 Å². The van der Waals surface area contributed by atoms with Gasteiger partial charge in [-0.3, -0.25) is 4.79 Å². The van der Waals surface area contributed by atoms with E-state index in [1.807, 2.05) is 0 Å². The number of hydrogen-bond acceptors (Lipinski definition) is 2. The Hall–Kier alpha value is -0.790. The molecule has 0 saturated carbocycles. The molecule has 0 aliphatic heterocycles. The SMILES string of the molecule is O=COC1CC=CCC1. The summed E-state index contributed by atoms with van der Waals surface area (Å²) in [4.78, 5) is 9.83. The zero-order chi connectivity index (χ0) is 6.53. The minimum Gasteiger partial charge on any atom is -0.464 e. The van der Waals surface area contributed by atoms with Gasteiger partial charge < -0.3 is 4.74 Å². The lowest BCUT2D eigenvalue weighted by Crippen LogP contribution is -2.12. The minimum atomic E-state index is 0.146. The van der Waals surface area contributed by atoms with Gasteiger partial charge in [0.1, 0.15) is 6.10 Å². The van der Waals surface area contributed by atoms with Crippen LogP contribution in [0.5, 0.6) is 0 Å². The molecule has 0 spiro atoms. The first-order valence-corrected chi connectivity index (χ1v) is 3.17. The summed E-state index contributed by atoms with van der Waals surface area (Å²) in [5.74, 6) is 0. The van der Waals surface area contributed by atoms with Crippen molar-refractivity contribution in [3.05, 3.63) is 12.2 Å². The summed E-state index contributed by atoms with van der Waals surface area (Å²) < 4.78 is 4.75. The molecule has 2 nitrogen and oxygen atoms in total. The third-order valence-electron chi connectivity index (χ3n) is 1.47. The molecule has 0 saturated heterocycles. The Morgan fingerprint density at radius 3 is 3.00 bits per heavy atom. The Kier molecular flexibility index (Phi) is 2.31. The third kappa shape index (κ3) is 1.88. The molecule has 9 heavy (non-hydrogen) atoms. The number of hydrogen-bond donors (Lipinski definition) is 0. The van der Waals surface area contributed by atoms with E-state index in [1.165, 1.54) is 0 Å². The molecule has 1 aliphatic carbocycles. The molecule has 1 atom stereocenters. The highest BCUT2D eigenvalue weighted by Crippen LogP contribution is 2.12. The standard InChI is InChI=1S/C7H10O2/c8-6-9-7-4-2-1-3-5-7/h1-2,6-7H,3-5H2. The van der Waals surface area contributed by atoms with Gasteiger partial charge in [0.2, 0.25) is 0 Å². The van der Waals surface area contributed by atoms with Crippen LogP contribution in [0, 0.1) is 0 Å². The first kappa shape index (κ1) is 6.33. The smallest absolute Gasteiger partial charge is 0.293 e. The average Bonchev–Trinajstić information content (AvgIpc) is 1.91. The number of carbonyl (C=O) groups is 1. The van der Waals surface area contributed by atoms with Gasteiger partial charge in [0.25, 0.3) is 6.47 Å². The van der Waals surface area contributed by atoms with Crippen LogP contribution in [0.3, 0.4) is 0 Å². The summed E-state index contributed by atoms with van der Waals surface area (Å²) in [6.45, 7) is 0.532. The van der Waals surface area contributed by atoms with Gasteiger partial charge in [-0.05, 0) is 12.8 Å². The maximum atomic E-state index is 9.83. The number of allylic oxidation sites excluding steroid dienone is 1. The molecule has 0 bridgehead atoms. The van der Waals surface area contributed by atoms with Crippen molar-refractivity contribution in [2.45, 2.75) is 25.4 Å². The molecule has 1 rings (SSSR count). The first-order chi connectivity index (χ1) is 4.43. The molecule has 0 N–H and O–H groups in total. The van der Waals surface area contributed by atoms with Crippen LogP contribution >= 0.6 is 0 Å². The molecular formula is C7H10O2. The van der Waals surface area contributed by atoms with Crippen LogP contribution in [0.15, 0.2) is 12.2 Å². The van der Waals surface area contributed by atoms with Gasteiger partial charge in [-0.1, -0.05) is 12.2 Å². The van der Waals surface area contributed by atoms with Crippen LogP contribution in [0.2, 0.25) is 0 Å². The summed E-state index contributed by atoms with van der Waals surface area (Å²) in [5, 5.41) is 0. The van der Waals surface area contributed by atoms with E-state index < -0.39 is 0 Å². The van der Waals surface area contributed by atoms with Crippen molar-refractivity contribution in [3.63, 3.8) is 0 Å². The van der Waals surface area contributed by atoms with Gasteiger partial charge in [-0.15, -0.1) is 0 Å². The van der Waals surface area contributed by atoms with E-state index in [2.05, 4.69) is 12.2 Å². The fourth-order valence-corrected chi connectivity index (χ4v) is 0.968. The summed E-state index contributed by atoms with van der Waals surface area (Å²) in [5.41, 5.74) is 0. The second-order valence-electron chi connectivity index (χ2n) is 2.14. The topological polar surface area (TPSA) is 26.3 Å². The highest BCUT2D eigenvalue weighted by Gasteiger charge is 2.08. The quantitative estimate of drug-likeness (QED) is 0.411. The zero-order valence-corrected chi connectivity index (χ0v) is 5.25.